The summed E-state index contributed by atoms with van der Waals surface area (Å²) in [6, 6.07) is 1.93. The minimum atomic E-state index is -0.230. The summed E-state index contributed by atoms with van der Waals surface area (Å²) in [4.78, 5) is 16.3. The van der Waals surface area contributed by atoms with E-state index in [1.165, 1.54) is 0 Å². The van der Waals surface area contributed by atoms with Gasteiger partial charge < -0.3 is 10.3 Å². The quantitative estimate of drug-likeness (QED) is 0.630. The van der Waals surface area contributed by atoms with Gasteiger partial charge in [-0.15, -0.1) is 0 Å². The second-order valence-corrected chi connectivity index (χ2v) is 5.42. The maximum absolute atomic E-state index is 12.0. The molecule has 3 rings (SSSR count). The molecule has 0 saturated heterocycles. The van der Waals surface area contributed by atoms with Gasteiger partial charge in [0.05, 0.1) is 15.7 Å². The van der Waals surface area contributed by atoms with Crippen LogP contribution in [-0.4, -0.2) is 9.55 Å². The first-order valence-electron chi connectivity index (χ1n) is 4.87. The van der Waals surface area contributed by atoms with Gasteiger partial charge in [-0.05, 0) is 37.9 Å². The molecule has 0 fully saturated rings. The Hall–Kier alpha value is -1.14. The fraction of sp³-hybridized carbons (Fsp3) is 0.0909. The molecule has 0 bridgehead atoms. The molecule has 1 aromatic carbocycles. The Balaban J connectivity index is 2.82. The number of rotatable bonds is 0. The molecule has 3 aromatic rings. The van der Waals surface area contributed by atoms with E-state index >= 15 is 0 Å². The van der Waals surface area contributed by atoms with Crippen molar-refractivity contribution in [3.8, 4) is 0 Å². The van der Waals surface area contributed by atoms with Gasteiger partial charge in [0.25, 0.3) is 0 Å². The van der Waals surface area contributed by atoms with Gasteiger partial charge in [0, 0.05) is 24.0 Å². The van der Waals surface area contributed by atoms with Crippen molar-refractivity contribution < 1.29 is 0 Å². The number of aryl methyl sites for hydroxylation is 1. The second-order valence-electron chi connectivity index (χ2n) is 3.87. The zero-order valence-electron chi connectivity index (χ0n) is 8.79. The topological polar surface area (TPSA) is 60.9 Å². The van der Waals surface area contributed by atoms with Crippen molar-refractivity contribution >= 4 is 59.4 Å². The highest BCUT2D eigenvalue weighted by Gasteiger charge is 2.19. The van der Waals surface area contributed by atoms with Crippen LogP contribution in [0.1, 0.15) is 0 Å². The Morgan fingerprint density at radius 1 is 1.41 bits per heavy atom. The molecule has 0 amide bonds. The second kappa shape index (κ2) is 3.43. The van der Waals surface area contributed by atoms with Crippen molar-refractivity contribution in [2.45, 2.75) is 0 Å². The third kappa shape index (κ3) is 1.28. The van der Waals surface area contributed by atoms with Gasteiger partial charge in [0.1, 0.15) is 10.1 Å². The zero-order chi connectivity index (χ0) is 12.3. The largest absolute Gasteiger partial charge is 0.395 e. The molecular weight excluding hydrogens is 350 g/mol. The Morgan fingerprint density at radius 3 is 2.82 bits per heavy atom. The van der Waals surface area contributed by atoms with Gasteiger partial charge in [-0.3, -0.25) is 4.79 Å². The van der Waals surface area contributed by atoms with Crippen LogP contribution in [0.2, 0.25) is 0 Å². The van der Waals surface area contributed by atoms with E-state index in [0.717, 1.165) is 16.3 Å². The Bertz CT molecular complexity index is 810. The number of hydrogen-bond donors (Lipinski definition) is 1. The normalized spacial score (nSPS) is 11.7. The third-order valence-electron chi connectivity index (χ3n) is 2.90. The van der Waals surface area contributed by atoms with E-state index in [9.17, 15) is 4.79 Å². The first-order chi connectivity index (χ1) is 8.02. The van der Waals surface area contributed by atoms with Crippen molar-refractivity contribution in [2.75, 3.05) is 5.73 Å². The zero-order valence-corrected chi connectivity index (χ0v) is 12.0. The molecule has 6 heteroatoms. The Kier molecular flexibility index (Phi) is 2.21. The van der Waals surface area contributed by atoms with Crippen molar-refractivity contribution in [1.29, 1.82) is 0 Å². The van der Waals surface area contributed by atoms with E-state index in [4.69, 9.17) is 5.73 Å². The van der Waals surface area contributed by atoms with Crippen LogP contribution in [0.3, 0.4) is 0 Å². The predicted octanol–water partition coefficient (Wildman–Crippen LogP) is 2.63. The summed E-state index contributed by atoms with van der Waals surface area (Å²) in [6.45, 7) is 0. The van der Waals surface area contributed by atoms with E-state index < -0.39 is 0 Å². The van der Waals surface area contributed by atoms with Gasteiger partial charge in [0.2, 0.25) is 5.43 Å². The number of nitrogen functional groups attached to an aromatic ring is 1. The summed E-state index contributed by atoms with van der Waals surface area (Å²) >= 11 is 6.75. The minimum Gasteiger partial charge on any atom is -0.395 e. The maximum atomic E-state index is 12.0. The summed E-state index contributed by atoms with van der Waals surface area (Å²) in [7, 11) is 1.91. The van der Waals surface area contributed by atoms with Crippen LogP contribution in [0.15, 0.2) is 26.1 Å². The number of nitrogens with zero attached hydrogens (tertiary/aromatic N) is 2. The molecule has 0 spiro atoms. The fourth-order valence-electron chi connectivity index (χ4n) is 2.06. The lowest BCUT2D eigenvalue weighted by Gasteiger charge is -2.08. The summed E-state index contributed by atoms with van der Waals surface area (Å²) < 4.78 is 3.22. The standard InChI is InChI=1S/C11H7Br2N3O/c1-16-3-2-4-5-8(15-11(4)13)10(17)7(14)6(12)9(5)16/h2-3H,14H2,1H3. The molecule has 86 valence electrons. The molecule has 0 saturated carbocycles. The molecule has 0 unspecified atom stereocenters. The SMILES string of the molecule is Cn1ccc2c(Br)nc3c(=O)c(N)c(Br)c1c23. The summed E-state index contributed by atoms with van der Waals surface area (Å²) in [6.07, 6.45) is 1.91. The number of pyridine rings is 1. The molecule has 0 aliphatic rings. The van der Waals surface area contributed by atoms with Gasteiger partial charge in [-0.1, -0.05) is 0 Å². The van der Waals surface area contributed by atoms with Crippen LogP contribution >= 0.6 is 31.9 Å². The molecule has 0 radical (unpaired) electrons. The van der Waals surface area contributed by atoms with Crippen molar-refractivity contribution in [3.63, 3.8) is 0 Å². The molecule has 0 aliphatic carbocycles. The van der Waals surface area contributed by atoms with E-state index in [2.05, 4.69) is 36.8 Å². The van der Waals surface area contributed by atoms with Crippen LogP contribution in [0.25, 0.3) is 21.8 Å². The first kappa shape index (κ1) is 11.0. The number of benzene rings is 1. The van der Waals surface area contributed by atoms with Crippen LogP contribution in [0.4, 0.5) is 5.69 Å². The monoisotopic (exact) mass is 355 g/mol. The summed E-state index contributed by atoms with van der Waals surface area (Å²) in [5.74, 6) is 0. The highest BCUT2D eigenvalue weighted by Crippen LogP contribution is 2.36. The average Bonchev–Trinajstić information content (AvgIpc) is 2.63. The lowest BCUT2D eigenvalue weighted by atomic mass is 10.1. The number of nitrogens with two attached hydrogens (primary N) is 1. The first-order valence-corrected chi connectivity index (χ1v) is 6.46. The van der Waals surface area contributed by atoms with Gasteiger partial charge in [-0.25, -0.2) is 4.98 Å². The third-order valence-corrected chi connectivity index (χ3v) is 4.30. The Labute approximate surface area is 113 Å². The lowest BCUT2D eigenvalue weighted by molar-refractivity contribution is 0.954. The number of halogens is 2. The molecule has 2 heterocycles. The lowest BCUT2D eigenvalue weighted by Crippen LogP contribution is -2.11. The average molecular weight is 357 g/mol. The van der Waals surface area contributed by atoms with E-state index in [1.807, 2.05) is 23.9 Å². The summed E-state index contributed by atoms with van der Waals surface area (Å²) in [5, 5.41) is 1.76. The van der Waals surface area contributed by atoms with Crippen LogP contribution in [-0.2, 0) is 7.05 Å². The van der Waals surface area contributed by atoms with Crippen LogP contribution < -0.4 is 11.2 Å². The van der Waals surface area contributed by atoms with Crippen LogP contribution in [0.5, 0.6) is 0 Å². The van der Waals surface area contributed by atoms with E-state index in [1.54, 1.807) is 0 Å². The van der Waals surface area contributed by atoms with Crippen LogP contribution in [0, 0.1) is 0 Å². The molecule has 2 aromatic heterocycles. The molecule has 0 atom stereocenters. The van der Waals surface area contributed by atoms with Crippen molar-refractivity contribution in [3.05, 3.63) is 31.6 Å². The molecule has 17 heavy (non-hydrogen) atoms. The van der Waals surface area contributed by atoms with Gasteiger partial charge in [-0.2, -0.15) is 0 Å². The summed E-state index contributed by atoms with van der Waals surface area (Å²) in [5.41, 5.74) is 7.07. The molecule has 2 N–H and O–H groups in total. The number of hydrogen-bond acceptors (Lipinski definition) is 3. The van der Waals surface area contributed by atoms with Crippen molar-refractivity contribution in [2.24, 2.45) is 7.05 Å². The highest BCUT2D eigenvalue weighted by atomic mass is 79.9. The molecule has 0 aliphatic heterocycles. The smallest absolute Gasteiger partial charge is 0.228 e. The van der Waals surface area contributed by atoms with E-state index in [0.29, 0.717) is 14.6 Å². The molecular formula is C11H7Br2N3O. The number of anilines is 1. The highest BCUT2D eigenvalue weighted by molar-refractivity contribution is 9.11. The maximum Gasteiger partial charge on any atom is 0.228 e. The van der Waals surface area contributed by atoms with Crippen molar-refractivity contribution in [1.82, 2.24) is 9.55 Å². The van der Waals surface area contributed by atoms with E-state index in [-0.39, 0.29) is 11.1 Å². The molecule has 4 nitrogen and oxygen atoms in total. The van der Waals surface area contributed by atoms with Gasteiger partial charge in [0.15, 0.2) is 0 Å². The van der Waals surface area contributed by atoms with Gasteiger partial charge >= 0.3 is 0 Å². The number of aromatic nitrogens is 2. The predicted molar refractivity (Wildman–Crippen MR) is 75.5 cm³/mol. The minimum absolute atomic E-state index is 0.200. The fourth-order valence-corrected chi connectivity index (χ4v) is 3.22. The Morgan fingerprint density at radius 2 is 2.12 bits per heavy atom.